The van der Waals surface area contributed by atoms with E-state index < -0.39 is 11.7 Å². The maximum Gasteiger partial charge on any atom is 0.352 e. The van der Waals surface area contributed by atoms with E-state index >= 15 is 0 Å². The number of anilines is 1. The van der Waals surface area contributed by atoms with E-state index in [4.69, 9.17) is 0 Å². The number of aromatic nitrogens is 2. The van der Waals surface area contributed by atoms with Gasteiger partial charge in [0.05, 0.1) is 5.56 Å². The number of fused-ring (bicyclic) bond motifs is 1. The third-order valence-electron chi connectivity index (χ3n) is 3.14. The monoisotopic (exact) mass is 299 g/mol. The van der Waals surface area contributed by atoms with Gasteiger partial charge in [-0.1, -0.05) is 12.1 Å². The first-order valence-electron chi connectivity index (χ1n) is 6.37. The highest BCUT2D eigenvalue weighted by Crippen LogP contribution is 2.10. The molecule has 2 aromatic carbocycles. The lowest BCUT2D eigenvalue weighted by molar-refractivity contribution is -0.618. The maximum atomic E-state index is 12.8. The van der Waals surface area contributed by atoms with E-state index in [0.717, 1.165) is 18.3 Å². The van der Waals surface area contributed by atoms with Crippen LogP contribution in [0.5, 0.6) is 0 Å². The van der Waals surface area contributed by atoms with E-state index in [1.165, 1.54) is 24.3 Å². The van der Waals surface area contributed by atoms with Gasteiger partial charge in [0.25, 0.3) is 11.7 Å². The predicted octanol–water partition coefficient (Wildman–Crippen LogP) is 1.50. The van der Waals surface area contributed by atoms with Gasteiger partial charge in [-0.15, -0.1) is 0 Å². The van der Waals surface area contributed by atoms with Gasteiger partial charge in [-0.3, -0.25) is 0 Å². The van der Waals surface area contributed by atoms with Gasteiger partial charge in [0.1, 0.15) is 5.82 Å². The minimum absolute atomic E-state index is 0.134. The zero-order valence-electron chi connectivity index (χ0n) is 11.2. The van der Waals surface area contributed by atoms with Crippen LogP contribution in [-0.4, -0.2) is 5.91 Å². The van der Waals surface area contributed by atoms with Crippen LogP contribution in [0.3, 0.4) is 0 Å². The van der Waals surface area contributed by atoms with Crippen LogP contribution in [0.2, 0.25) is 0 Å². The molecule has 0 aliphatic rings. The number of nitrogens with zero attached hydrogens (tertiary/aromatic N) is 2. The molecular weight excluding hydrogens is 289 g/mol. The molecule has 0 radical (unpaired) electrons. The Morgan fingerprint density at radius 1 is 1.00 bits per heavy atom. The number of hydrogen-bond acceptors (Lipinski definition) is 3. The molecule has 1 aromatic heterocycles. The van der Waals surface area contributed by atoms with E-state index in [-0.39, 0.29) is 22.4 Å². The molecular formula is C15H10FN3O3. The van der Waals surface area contributed by atoms with Crippen molar-refractivity contribution >= 4 is 22.8 Å². The number of para-hydroxylation sites is 2. The molecule has 7 heteroatoms. The first-order valence-corrected chi connectivity index (χ1v) is 6.37. The molecule has 3 aromatic rings. The molecule has 0 spiro atoms. The summed E-state index contributed by atoms with van der Waals surface area (Å²) in [6.07, 6.45) is 0.983. The number of carbonyl (C=O) groups is 1. The summed E-state index contributed by atoms with van der Waals surface area (Å²) in [7, 11) is 0. The highest BCUT2D eigenvalue weighted by atomic mass is 19.1. The predicted molar refractivity (Wildman–Crippen MR) is 76.2 cm³/mol. The van der Waals surface area contributed by atoms with Crippen LogP contribution in [0.4, 0.5) is 10.2 Å². The van der Waals surface area contributed by atoms with Crippen molar-refractivity contribution in [3.8, 4) is 0 Å². The van der Waals surface area contributed by atoms with Gasteiger partial charge in [-0.25, -0.2) is 19.2 Å². The Kier molecular flexibility index (Phi) is 3.30. The largest absolute Gasteiger partial charge is 0.710 e. The maximum absolute atomic E-state index is 12.8. The number of hydrogen-bond donors (Lipinski definition) is 1. The van der Waals surface area contributed by atoms with E-state index in [1.807, 2.05) is 0 Å². The topological polar surface area (TPSA) is 83.0 Å². The lowest BCUT2D eigenvalue weighted by Gasteiger charge is -2.10. The lowest BCUT2D eigenvalue weighted by Crippen LogP contribution is -2.41. The molecule has 0 unspecified atom stereocenters. The summed E-state index contributed by atoms with van der Waals surface area (Å²) in [5.41, 5.74) is 0.499. The summed E-state index contributed by atoms with van der Waals surface area (Å²) in [6.45, 7) is 0. The van der Waals surface area contributed by atoms with Crippen LogP contribution in [0, 0.1) is 16.2 Å². The number of amides is 1. The zero-order chi connectivity index (χ0) is 15.7. The number of carbonyl (C=O) groups excluding carboxylic acids is 1. The third-order valence-corrected chi connectivity index (χ3v) is 3.14. The summed E-state index contributed by atoms with van der Waals surface area (Å²) in [6, 6.07) is 11.1. The molecule has 110 valence electrons. The fourth-order valence-corrected chi connectivity index (χ4v) is 2.06. The smallest absolute Gasteiger partial charge is 0.352 e. The van der Waals surface area contributed by atoms with Gasteiger partial charge < -0.3 is 10.4 Å². The molecule has 3 rings (SSSR count). The third kappa shape index (κ3) is 2.39. The van der Waals surface area contributed by atoms with Crippen LogP contribution < -0.4 is 14.8 Å². The molecule has 0 atom stereocenters. The van der Waals surface area contributed by atoms with Crippen molar-refractivity contribution in [1.82, 2.24) is 0 Å². The second-order valence-corrected chi connectivity index (χ2v) is 4.58. The van der Waals surface area contributed by atoms with Gasteiger partial charge in [0.2, 0.25) is 5.52 Å². The number of nitrogens with one attached hydrogen (secondary N) is 1. The van der Waals surface area contributed by atoms with Gasteiger partial charge in [-0.2, -0.15) is 4.73 Å². The van der Waals surface area contributed by atoms with Crippen LogP contribution in [0.25, 0.3) is 11.0 Å². The minimum atomic E-state index is -0.611. The van der Waals surface area contributed by atoms with Crippen LogP contribution >= 0.6 is 0 Å². The van der Waals surface area contributed by atoms with Crippen molar-refractivity contribution < 1.29 is 18.6 Å². The second kappa shape index (κ2) is 5.28. The Morgan fingerprint density at radius 3 is 2.32 bits per heavy atom. The van der Waals surface area contributed by atoms with Gasteiger partial charge in [-0.05, 0) is 30.3 Å². The SMILES string of the molecule is O=C(Nc1c[n+]([O-])c2ccccc2[n+]1[O-])c1ccc(F)cc1. The molecule has 0 saturated heterocycles. The lowest BCUT2D eigenvalue weighted by atomic mass is 10.2. The summed E-state index contributed by atoms with van der Waals surface area (Å²) in [5, 5.41) is 26.4. The molecule has 0 bridgehead atoms. The Morgan fingerprint density at radius 2 is 1.64 bits per heavy atom. The van der Waals surface area contributed by atoms with Crippen molar-refractivity contribution in [3.63, 3.8) is 0 Å². The summed E-state index contributed by atoms with van der Waals surface area (Å²) in [4.78, 5) is 12.0. The van der Waals surface area contributed by atoms with E-state index in [0.29, 0.717) is 9.46 Å². The van der Waals surface area contributed by atoms with Crippen molar-refractivity contribution in [2.45, 2.75) is 0 Å². The minimum Gasteiger partial charge on any atom is -0.710 e. The first-order chi connectivity index (χ1) is 10.6. The fraction of sp³-hybridized carbons (Fsp3) is 0. The normalized spacial score (nSPS) is 10.6. The quantitative estimate of drug-likeness (QED) is 0.575. The van der Waals surface area contributed by atoms with Crippen LogP contribution in [0.1, 0.15) is 10.4 Å². The summed E-state index contributed by atoms with van der Waals surface area (Å²) >= 11 is 0. The molecule has 22 heavy (non-hydrogen) atoms. The number of benzene rings is 2. The zero-order valence-corrected chi connectivity index (χ0v) is 11.2. The standard InChI is InChI=1S/C15H10FN3O3/c16-11-7-5-10(6-8-11)15(20)17-14-9-18(21)12-3-1-2-4-13(12)19(14)22/h1-9H,(H,17,20). The van der Waals surface area contributed by atoms with Crippen molar-refractivity contribution in [2.24, 2.45) is 0 Å². The molecule has 1 N–H and O–H groups in total. The highest BCUT2D eigenvalue weighted by molar-refractivity contribution is 6.03. The summed E-state index contributed by atoms with van der Waals surface area (Å²) in [5.74, 6) is -1.29. The molecule has 0 aliphatic heterocycles. The van der Waals surface area contributed by atoms with Crippen molar-refractivity contribution in [1.29, 1.82) is 0 Å². The van der Waals surface area contributed by atoms with Gasteiger partial charge >= 0.3 is 11.7 Å². The molecule has 0 aliphatic carbocycles. The van der Waals surface area contributed by atoms with Gasteiger partial charge in [0.15, 0.2) is 0 Å². The average Bonchev–Trinajstić information content (AvgIpc) is 2.53. The first kappa shape index (κ1) is 13.7. The second-order valence-electron chi connectivity index (χ2n) is 4.58. The molecule has 1 amide bonds. The molecule has 0 saturated carbocycles. The fourth-order valence-electron chi connectivity index (χ4n) is 2.06. The van der Waals surface area contributed by atoms with Crippen molar-refractivity contribution in [3.05, 3.63) is 76.5 Å². The van der Waals surface area contributed by atoms with E-state index in [9.17, 15) is 19.6 Å². The number of halogens is 1. The highest BCUT2D eigenvalue weighted by Gasteiger charge is 2.20. The summed E-state index contributed by atoms with van der Waals surface area (Å²) < 4.78 is 13.8. The Hall–Kier alpha value is -3.22. The molecule has 0 fully saturated rings. The Balaban J connectivity index is 1.98. The average molecular weight is 299 g/mol. The van der Waals surface area contributed by atoms with Crippen LogP contribution in [0.15, 0.2) is 54.7 Å². The Bertz CT molecular complexity index is 866. The van der Waals surface area contributed by atoms with E-state index in [2.05, 4.69) is 5.32 Å². The number of rotatable bonds is 2. The molecule has 1 heterocycles. The van der Waals surface area contributed by atoms with Gasteiger partial charge in [0, 0.05) is 6.07 Å². The van der Waals surface area contributed by atoms with Crippen molar-refractivity contribution in [2.75, 3.05) is 5.32 Å². The molecule has 6 nitrogen and oxygen atoms in total. The Labute approximate surface area is 124 Å². The van der Waals surface area contributed by atoms with Crippen LogP contribution in [-0.2, 0) is 0 Å². The van der Waals surface area contributed by atoms with E-state index in [1.54, 1.807) is 12.1 Å².